The maximum Gasteiger partial charge on any atom is 0.234 e. The lowest BCUT2D eigenvalue weighted by atomic mass is 10.2. The van der Waals surface area contributed by atoms with Gasteiger partial charge < -0.3 is 19.9 Å². The summed E-state index contributed by atoms with van der Waals surface area (Å²) in [5.74, 6) is 1.26. The van der Waals surface area contributed by atoms with Crippen molar-refractivity contribution in [2.75, 3.05) is 23.5 Å². The van der Waals surface area contributed by atoms with E-state index in [1.807, 2.05) is 36.7 Å². The fourth-order valence-corrected chi connectivity index (χ4v) is 3.69. The Morgan fingerprint density at radius 3 is 2.73 bits per heavy atom. The molecular weight excluding hydrogens is 445 g/mol. The van der Waals surface area contributed by atoms with E-state index in [4.69, 9.17) is 27.9 Å². The summed E-state index contributed by atoms with van der Waals surface area (Å²) < 4.78 is 7.09. The summed E-state index contributed by atoms with van der Waals surface area (Å²) in [6.07, 6.45) is 0. The highest BCUT2D eigenvalue weighted by molar-refractivity contribution is 7.99. The Labute approximate surface area is 189 Å². The fourth-order valence-electron chi connectivity index (χ4n) is 2.60. The second kappa shape index (κ2) is 10.1. The molecule has 0 aliphatic rings. The van der Waals surface area contributed by atoms with Crippen molar-refractivity contribution in [2.24, 2.45) is 7.05 Å². The minimum atomic E-state index is -0.197. The predicted molar refractivity (Wildman–Crippen MR) is 122 cm³/mol. The third-order valence-electron chi connectivity index (χ3n) is 4.32. The molecule has 1 aromatic heterocycles. The maximum absolute atomic E-state index is 12.3. The SMILES string of the molecule is COc1ccc(Cl)cc1NC(=O)CSc1nnc(CNc2ccc(C)c(Cl)c2)n1C. The first kappa shape index (κ1) is 22.3. The van der Waals surface area contributed by atoms with E-state index < -0.39 is 0 Å². The monoisotopic (exact) mass is 465 g/mol. The van der Waals surface area contributed by atoms with Gasteiger partial charge in [0.15, 0.2) is 11.0 Å². The Bertz CT molecular complexity index is 1060. The number of aromatic nitrogens is 3. The number of aryl methyl sites for hydroxylation is 1. The van der Waals surface area contributed by atoms with Gasteiger partial charge in [-0.1, -0.05) is 41.0 Å². The number of carbonyl (C=O) groups is 1. The second-order valence-electron chi connectivity index (χ2n) is 6.46. The number of amides is 1. The highest BCUT2D eigenvalue weighted by atomic mass is 35.5. The van der Waals surface area contributed by atoms with Crippen molar-refractivity contribution in [3.05, 3.63) is 57.8 Å². The summed E-state index contributed by atoms with van der Waals surface area (Å²) in [4.78, 5) is 12.3. The van der Waals surface area contributed by atoms with Gasteiger partial charge in [-0.3, -0.25) is 4.79 Å². The summed E-state index contributed by atoms with van der Waals surface area (Å²) in [6.45, 7) is 2.44. The van der Waals surface area contributed by atoms with E-state index in [1.165, 1.54) is 18.9 Å². The first-order chi connectivity index (χ1) is 14.4. The Hall–Kier alpha value is -2.42. The summed E-state index contributed by atoms with van der Waals surface area (Å²) >= 11 is 13.4. The fraction of sp³-hybridized carbons (Fsp3) is 0.250. The van der Waals surface area contributed by atoms with Gasteiger partial charge in [0, 0.05) is 22.8 Å². The number of thioether (sulfide) groups is 1. The van der Waals surface area contributed by atoms with Crippen molar-refractivity contribution in [3.63, 3.8) is 0 Å². The van der Waals surface area contributed by atoms with Crippen LogP contribution in [0.2, 0.25) is 10.0 Å². The lowest BCUT2D eigenvalue weighted by Crippen LogP contribution is -2.15. The minimum absolute atomic E-state index is 0.169. The number of nitrogens with zero attached hydrogens (tertiary/aromatic N) is 3. The molecule has 0 atom stereocenters. The number of halogens is 2. The molecule has 7 nitrogen and oxygen atoms in total. The van der Waals surface area contributed by atoms with E-state index in [1.54, 1.807) is 18.2 Å². The number of rotatable bonds is 8. The molecule has 0 spiro atoms. The Morgan fingerprint density at radius 2 is 2.00 bits per heavy atom. The van der Waals surface area contributed by atoms with Crippen LogP contribution in [0.5, 0.6) is 5.75 Å². The molecule has 3 rings (SSSR count). The van der Waals surface area contributed by atoms with Crippen molar-refractivity contribution in [3.8, 4) is 5.75 Å². The highest BCUT2D eigenvalue weighted by Gasteiger charge is 2.13. The molecule has 2 aromatic carbocycles. The molecule has 0 radical (unpaired) electrons. The van der Waals surface area contributed by atoms with Crippen LogP contribution >= 0.6 is 35.0 Å². The molecule has 10 heteroatoms. The van der Waals surface area contributed by atoms with E-state index in [2.05, 4.69) is 20.8 Å². The third-order valence-corrected chi connectivity index (χ3v) is 5.98. The summed E-state index contributed by atoms with van der Waals surface area (Å²) in [5.41, 5.74) is 2.45. The van der Waals surface area contributed by atoms with Gasteiger partial charge in [0.2, 0.25) is 5.91 Å². The molecule has 0 aliphatic heterocycles. The van der Waals surface area contributed by atoms with Crippen LogP contribution in [0, 0.1) is 6.92 Å². The molecule has 0 saturated heterocycles. The van der Waals surface area contributed by atoms with Crippen molar-refractivity contribution < 1.29 is 9.53 Å². The first-order valence-corrected chi connectivity index (χ1v) is 10.8. The molecular formula is C20H21Cl2N5O2S. The van der Waals surface area contributed by atoms with E-state index in [-0.39, 0.29) is 11.7 Å². The standard InChI is InChI=1S/C20H21Cl2N5O2S/c1-12-4-6-14(9-15(12)22)23-10-18-25-26-20(27(18)2)30-11-19(28)24-16-8-13(21)5-7-17(16)29-3/h4-9,23H,10-11H2,1-3H3,(H,24,28). The number of benzene rings is 2. The molecule has 30 heavy (non-hydrogen) atoms. The number of carbonyl (C=O) groups excluding carboxylic acids is 1. The molecule has 158 valence electrons. The van der Waals surface area contributed by atoms with Gasteiger partial charge in [-0.25, -0.2) is 0 Å². The number of hydrogen-bond donors (Lipinski definition) is 2. The second-order valence-corrected chi connectivity index (χ2v) is 8.24. The molecule has 1 heterocycles. The average molecular weight is 466 g/mol. The number of nitrogens with one attached hydrogen (secondary N) is 2. The Balaban J connectivity index is 1.56. The highest BCUT2D eigenvalue weighted by Crippen LogP contribution is 2.28. The van der Waals surface area contributed by atoms with E-state index in [0.717, 1.165) is 17.1 Å². The van der Waals surface area contributed by atoms with Gasteiger partial charge in [0.1, 0.15) is 5.75 Å². The summed E-state index contributed by atoms with van der Waals surface area (Å²) in [7, 11) is 3.40. The van der Waals surface area contributed by atoms with Gasteiger partial charge >= 0.3 is 0 Å². The van der Waals surface area contributed by atoms with E-state index in [0.29, 0.717) is 33.2 Å². The van der Waals surface area contributed by atoms with E-state index >= 15 is 0 Å². The molecule has 0 saturated carbocycles. The van der Waals surface area contributed by atoms with Crippen molar-refractivity contribution in [2.45, 2.75) is 18.6 Å². The normalized spacial score (nSPS) is 10.7. The number of hydrogen-bond acceptors (Lipinski definition) is 6. The largest absolute Gasteiger partial charge is 0.495 e. The van der Waals surface area contributed by atoms with Crippen LogP contribution in [0.15, 0.2) is 41.6 Å². The third kappa shape index (κ3) is 5.59. The summed E-state index contributed by atoms with van der Waals surface area (Å²) in [6, 6.07) is 10.8. The predicted octanol–water partition coefficient (Wildman–Crippen LogP) is 4.78. The zero-order chi connectivity index (χ0) is 21.7. The lowest BCUT2D eigenvalue weighted by molar-refractivity contribution is -0.113. The maximum atomic E-state index is 12.3. The minimum Gasteiger partial charge on any atom is -0.495 e. The summed E-state index contributed by atoms with van der Waals surface area (Å²) in [5, 5.41) is 16.3. The van der Waals surface area contributed by atoms with Gasteiger partial charge in [-0.05, 0) is 42.8 Å². The number of ether oxygens (including phenoxy) is 1. The van der Waals surface area contributed by atoms with Crippen molar-refractivity contribution >= 4 is 52.2 Å². The van der Waals surface area contributed by atoms with Crippen LogP contribution < -0.4 is 15.4 Å². The number of methoxy groups -OCH3 is 1. The topological polar surface area (TPSA) is 81.1 Å². The van der Waals surface area contributed by atoms with Crippen molar-refractivity contribution in [1.82, 2.24) is 14.8 Å². The zero-order valence-corrected chi connectivity index (χ0v) is 19.0. The van der Waals surface area contributed by atoms with Crippen LogP contribution in [0.1, 0.15) is 11.4 Å². The molecule has 3 aromatic rings. The quantitative estimate of drug-likeness (QED) is 0.465. The van der Waals surface area contributed by atoms with Gasteiger partial charge in [0.05, 0.1) is 25.1 Å². The first-order valence-electron chi connectivity index (χ1n) is 9.02. The molecule has 1 amide bonds. The van der Waals surface area contributed by atoms with Crippen LogP contribution in [0.3, 0.4) is 0 Å². The van der Waals surface area contributed by atoms with Crippen LogP contribution in [-0.2, 0) is 18.4 Å². The lowest BCUT2D eigenvalue weighted by Gasteiger charge is -2.10. The van der Waals surface area contributed by atoms with E-state index in [9.17, 15) is 4.79 Å². The molecule has 0 fully saturated rings. The molecule has 0 bridgehead atoms. The van der Waals surface area contributed by atoms with Gasteiger partial charge in [-0.2, -0.15) is 0 Å². The van der Waals surface area contributed by atoms with Gasteiger partial charge in [0.25, 0.3) is 0 Å². The Kier molecular flexibility index (Phi) is 7.47. The average Bonchev–Trinajstić information content (AvgIpc) is 3.07. The molecule has 0 unspecified atom stereocenters. The number of anilines is 2. The smallest absolute Gasteiger partial charge is 0.234 e. The van der Waals surface area contributed by atoms with Gasteiger partial charge in [-0.15, -0.1) is 10.2 Å². The van der Waals surface area contributed by atoms with Crippen LogP contribution in [0.4, 0.5) is 11.4 Å². The van der Waals surface area contributed by atoms with Crippen LogP contribution in [0.25, 0.3) is 0 Å². The van der Waals surface area contributed by atoms with Crippen molar-refractivity contribution in [1.29, 1.82) is 0 Å². The molecule has 0 aliphatic carbocycles. The molecule has 2 N–H and O–H groups in total. The Morgan fingerprint density at radius 1 is 1.20 bits per heavy atom. The zero-order valence-electron chi connectivity index (χ0n) is 16.7. The van der Waals surface area contributed by atoms with Crippen LogP contribution in [-0.4, -0.2) is 33.5 Å².